The molecule has 6 rings (SSSR count). The zero-order chi connectivity index (χ0) is 19.7. The first-order valence-electron chi connectivity index (χ1n) is 10.0. The Morgan fingerprint density at radius 2 is 1.75 bits per heavy atom. The van der Waals surface area contributed by atoms with E-state index >= 15 is 0 Å². The van der Waals surface area contributed by atoms with Crippen molar-refractivity contribution in [1.82, 2.24) is 5.32 Å². The van der Waals surface area contributed by atoms with E-state index in [2.05, 4.69) is 19.2 Å². The van der Waals surface area contributed by atoms with Crippen LogP contribution in [0.25, 0.3) is 11.3 Å². The molecule has 4 aliphatic carbocycles. The van der Waals surface area contributed by atoms with Crippen molar-refractivity contribution in [3.8, 4) is 11.3 Å². The van der Waals surface area contributed by atoms with Gasteiger partial charge in [-0.2, -0.15) is 0 Å². The van der Waals surface area contributed by atoms with Crippen LogP contribution in [0.4, 0.5) is 0 Å². The smallest absolute Gasteiger partial charge is 0.287 e. The predicted octanol–water partition coefficient (Wildman–Crippen LogP) is 6.73. The number of nitrogens with one attached hydrogen (secondary N) is 1. The van der Waals surface area contributed by atoms with Gasteiger partial charge < -0.3 is 9.73 Å². The first-order valence-corrected chi connectivity index (χ1v) is 10.8. The molecular weight excluding hydrogens is 393 g/mol. The second kappa shape index (κ2) is 6.03. The largest absolute Gasteiger partial charge is 0.451 e. The number of carbonyl (C=O) groups excluding carboxylic acids is 1. The minimum absolute atomic E-state index is 0.0966. The third-order valence-corrected chi connectivity index (χ3v) is 7.59. The molecule has 28 heavy (non-hydrogen) atoms. The topological polar surface area (TPSA) is 42.2 Å². The molecule has 148 valence electrons. The highest BCUT2D eigenvalue weighted by molar-refractivity contribution is 6.35. The van der Waals surface area contributed by atoms with Crippen LogP contribution >= 0.6 is 23.2 Å². The van der Waals surface area contributed by atoms with E-state index in [9.17, 15) is 4.79 Å². The van der Waals surface area contributed by atoms with Crippen molar-refractivity contribution in [2.75, 3.05) is 0 Å². The maximum absolute atomic E-state index is 13.1. The molecule has 4 bridgehead atoms. The summed E-state index contributed by atoms with van der Waals surface area (Å²) in [6.07, 6.45) is 7.14. The molecule has 2 aromatic rings. The molecule has 1 amide bonds. The Bertz CT molecular complexity index is 947. The van der Waals surface area contributed by atoms with Gasteiger partial charge in [0.1, 0.15) is 5.76 Å². The van der Waals surface area contributed by atoms with Gasteiger partial charge in [-0.3, -0.25) is 4.79 Å². The van der Waals surface area contributed by atoms with Crippen LogP contribution in [-0.2, 0) is 0 Å². The fourth-order valence-electron chi connectivity index (χ4n) is 7.18. The van der Waals surface area contributed by atoms with Crippen LogP contribution in [0.2, 0.25) is 10.0 Å². The standard InChI is InChI=1S/C23H25Cl2NO2/c1-21-8-14-9-22(2,11-21)13-23(10-14,12-21)26-20(27)19-6-5-18(28-19)16-7-15(24)3-4-17(16)25/h3-7,14H,8-13H2,1-2H3,(H,26,27)/t14?,21-,22-,23?/m0/s1. The van der Waals surface area contributed by atoms with Gasteiger partial charge in [0.15, 0.2) is 5.76 Å². The van der Waals surface area contributed by atoms with Crippen LogP contribution in [0.15, 0.2) is 34.7 Å². The van der Waals surface area contributed by atoms with Crippen LogP contribution in [0.3, 0.4) is 0 Å². The SMILES string of the molecule is C[C@@]12CC3CC(NC(=O)c4ccc(-c5cc(Cl)ccc5Cl)o4)(C1)C[C@@](C)(C3)C2. The quantitative estimate of drug-likeness (QED) is 0.600. The van der Waals surface area contributed by atoms with E-state index in [-0.39, 0.29) is 11.4 Å². The molecule has 0 radical (unpaired) electrons. The molecular formula is C23H25Cl2NO2. The van der Waals surface area contributed by atoms with E-state index < -0.39 is 0 Å². The minimum atomic E-state index is -0.126. The Hall–Kier alpha value is -1.45. The summed E-state index contributed by atoms with van der Waals surface area (Å²) in [6, 6.07) is 8.74. The second-order valence-corrected chi connectivity index (χ2v) is 11.0. The molecule has 4 fully saturated rings. The summed E-state index contributed by atoms with van der Waals surface area (Å²) in [4.78, 5) is 13.1. The molecule has 3 nitrogen and oxygen atoms in total. The van der Waals surface area contributed by atoms with Crippen molar-refractivity contribution < 1.29 is 9.21 Å². The van der Waals surface area contributed by atoms with Crippen LogP contribution < -0.4 is 5.32 Å². The molecule has 1 N–H and O–H groups in total. The van der Waals surface area contributed by atoms with E-state index in [1.807, 2.05) is 0 Å². The van der Waals surface area contributed by atoms with Gasteiger partial charge in [0.05, 0.1) is 5.02 Å². The number of carbonyl (C=O) groups is 1. The highest BCUT2D eigenvalue weighted by Gasteiger charge is 2.60. The molecule has 1 heterocycles. The lowest BCUT2D eigenvalue weighted by Crippen LogP contribution is -2.65. The van der Waals surface area contributed by atoms with Gasteiger partial charge >= 0.3 is 0 Å². The normalized spacial score (nSPS) is 35.9. The third-order valence-electron chi connectivity index (χ3n) is 7.03. The lowest BCUT2D eigenvalue weighted by Gasteiger charge is -2.65. The summed E-state index contributed by atoms with van der Waals surface area (Å²) in [6.45, 7) is 4.81. The van der Waals surface area contributed by atoms with Gasteiger partial charge in [0.25, 0.3) is 5.91 Å². The highest BCUT2D eigenvalue weighted by atomic mass is 35.5. The summed E-state index contributed by atoms with van der Waals surface area (Å²) >= 11 is 12.4. The Balaban J connectivity index is 1.40. The monoisotopic (exact) mass is 417 g/mol. The van der Waals surface area contributed by atoms with Crippen LogP contribution in [0.5, 0.6) is 0 Å². The molecule has 5 heteroatoms. The van der Waals surface area contributed by atoms with Gasteiger partial charge in [-0.25, -0.2) is 0 Å². The zero-order valence-electron chi connectivity index (χ0n) is 16.3. The van der Waals surface area contributed by atoms with Crippen molar-refractivity contribution >= 4 is 29.1 Å². The fraction of sp³-hybridized carbons (Fsp3) is 0.522. The Morgan fingerprint density at radius 3 is 2.43 bits per heavy atom. The number of benzene rings is 1. The van der Waals surface area contributed by atoms with E-state index in [4.69, 9.17) is 27.6 Å². The average Bonchev–Trinajstić information content (AvgIpc) is 3.03. The van der Waals surface area contributed by atoms with Crippen LogP contribution in [0, 0.1) is 16.7 Å². The van der Waals surface area contributed by atoms with E-state index in [0.29, 0.717) is 38.0 Å². The molecule has 4 aliphatic rings. The summed E-state index contributed by atoms with van der Waals surface area (Å²) in [5.74, 6) is 1.49. The maximum Gasteiger partial charge on any atom is 0.287 e. The lowest BCUT2D eigenvalue weighted by atomic mass is 9.43. The molecule has 0 aliphatic heterocycles. The number of halogens is 2. The maximum atomic E-state index is 13.1. The summed E-state index contributed by atoms with van der Waals surface area (Å²) < 4.78 is 5.88. The number of furan rings is 1. The number of hydrogen-bond acceptors (Lipinski definition) is 2. The number of rotatable bonds is 3. The van der Waals surface area contributed by atoms with Gasteiger partial charge in [-0.05, 0) is 85.6 Å². The molecule has 1 aromatic carbocycles. The minimum Gasteiger partial charge on any atom is -0.451 e. The van der Waals surface area contributed by atoms with Crippen molar-refractivity contribution in [3.05, 3.63) is 46.1 Å². The first-order chi connectivity index (χ1) is 13.2. The van der Waals surface area contributed by atoms with Crippen molar-refractivity contribution in [2.24, 2.45) is 16.7 Å². The lowest BCUT2D eigenvalue weighted by molar-refractivity contribution is -0.114. The molecule has 0 unspecified atom stereocenters. The van der Waals surface area contributed by atoms with Crippen LogP contribution in [-0.4, -0.2) is 11.4 Å². The Morgan fingerprint density at radius 1 is 1.04 bits per heavy atom. The van der Waals surface area contributed by atoms with Gasteiger partial charge in [0.2, 0.25) is 0 Å². The molecule has 1 aromatic heterocycles. The molecule has 0 spiro atoms. The fourth-order valence-corrected chi connectivity index (χ4v) is 7.56. The van der Waals surface area contributed by atoms with E-state index in [1.54, 1.807) is 30.3 Å². The van der Waals surface area contributed by atoms with Crippen molar-refractivity contribution in [3.63, 3.8) is 0 Å². The molecule has 4 saturated carbocycles. The van der Waals surface area contributed by atoms with Gasteiger partial charge in [-0.1, -0.05) is 37.0 Å². The highest BCUT2D eigenvalue weighted by Crippen LogP contribution is 2.66. The van der Waals surface area contributed by atoms with Gasteiger partial charge in [-0.15, -0.1) is 0 Å². The molecule has 2 atom stereocenters. The summed E-state index contributed by atoms with van der Waals surface area (Å²) in [7, 11) is 0. The third kappa shape index (κ3) is 3.07. The first kappa shape index (κ1) is 18.6. The van der Waals surface area contributed by atoms with E-state index in [0.717, 1.165) is 25.2 Å². The van der Waals surface area contributed by atoms with E-state index in [1.165, 1.54) is 19.3 Å². The Kier molecular flexibility index (Phi) is 4.00. The summed E-state index contributed by atoms with van der Waals surface area (Å²) in [5, 5.41) is 4.52. The predicted molar refractivity (Wildman–Crippen MR) is 112 cm³/mol. The molecule has 0 saturated heterocycles. The number of hydrogen-bond donors (Lipinski definition) is 1. The number of amides is 1. The second-order valence-electron chi connectivity index (χ2n) is 10.2. The van der Waals surface area contributed by atoms with Crippen molar-refractivity contribution in [2.45, 2.75) is 57.9 Å². The average molecular weight is 418 g/mol. The van der Waals surface area contributed by atoms with Crippen LogP contribution in [0.1, 0.15) is 62.9 Å². The summed E-state index contributed by atoms with van der Waals surface area (Å²) in [5.41, 5.74) is 1.30. The zero-order valence-corrected chi connectivity index (χ0v) is 17.8. The Labute approximate surface area is 175 Å². The van der Waals surface area contributed by atoms with Crippen molar-refractivity contribution in [1.29, 1.82) is 0 Å². The van der Waals surface area contributed by atoms with Gasteiger partial charge in [0, 0.05) is 16.1 Å².